The number of anilines is 1. The van der Waals surface area contributed by atoms with Crippen LogP contribution in [0.4, 0.5) is 5.69 Å². The van der Waals surface area contributed by atoms with Gasteiger partial charge in [-0.1, -0.05) is 12.1 Å². The Hall–Kier alpha value is -2.86. The van der Waals surface area contributed by atoms with Crippen molar-refractivity contribution in [3.8, 4) is 5.75 Å². The van der Waals surface area contributed by atoms with Crippen molar-refractivity contribution in [2.24, 2.45) is 0 Å². The van der Waals surface area contributed by atoms with Crippen molar-refractivity contribution in [1.82, 2.24) is 4.90 Å². The predicted octanol–water partition coefficient (Wildman–Crippen LogP) is 1.05. The van der Waals surface area contributed by atoms with Crippen LogP contribution in [0.15, 0.2) is 42.5 Å². The van der Waals surface area contributed by atoms with Crippen molar-refractivity contribution in [1.29, 1.82) is 0 Å². The van der Waals surface area contributed by atoms with Crippen molar-refractivity contribution in [2.45, 2.75) is 26.3 Å². The maximum absolute atomic E-state index is 12.7. The quantitative estimate of drug-likeness (QED) is 0.797. The highest BCUT2D eigenvalue weighted by Crippen LogP contribution is 2.25. The van der Waals surface area contributed by atoms with Crippen molar-refractivity contribution < 1.29 is 19.2 Å². The van der Waals surface area contributed by atoms with Crippen molar-refractivity contribution in [2.75, 3.05) is 38.1 Å². The molecule has 2 heterocycles. The molecule has 2 aromatic carbocycles. The van der Waals surface area contributed by atoms with E-state index in [2.05, 4.69) is 23.5 Å². The summed E-state index contributed by atoms with van der Waals surface area (Å²) in [5.41, 5.74) is 4.40. The first-order valence-electron chi connectivity index (χ1n) is 10.3. The standard InChI is InChI=1S/C23H27N3O3/c1-17(27)24-21-5-2-18(3-6-21)15-23(28)26-11-9-25(10-12-26)16-19-4-7-22-20(14-19)8-13-29-22/h2-7,14H,8-13,15-16H2,1H3,(H,24,27)/p+1. The average molecular weight is 394 g/mol. The first-order valence-corrected chi connectivity index (χ1v) is 10.3. The van der Waals surface area contributed by atoms with Gasteiger partial charge in [-0.25, -0.2) is 0 Å². The van der Waals surface area contributed by atoms with Crippen LogP contribution in [0.3, 0.4) is 0 Å². The number of nitrogens with zero attached hydrogens (tertiary/aromatic N) is 1. The summed E-state index contributed by atoms with van der Waals surface area (Å²) in [5, 5.41) is 2.74. The molecule has 29 heavy (non-hydrogen) atoms. The molecule has 0 atom stereocenters. The third kappa shape index (κ3) is 4.95. The number of rotatable bonds is 5. The van der Waals surface area contributed by atoms with E-state index < -0.39 is 0 Å². The third-order valence-corrected chi connectivity index (χ3v) is 5.66. The van der Waals surface area contributed by atoms with Crippen LogP contribution in [-0.4, -0.2) is 49.5 Å². The molecule has 6 nitrogen and oxygen atoms in total. The molecule has 2 N–H and O–H groups in total. The fourth-order valence-electron chi connectivity index (χ4n) is 4.08. The lowest BCUT2D eigenvalue weighted by Crippen LogP contribution is -3.13. The lowest BCUT2D eigenvalue weighted by molar-refractivity contribution is -0.917. The van der Waals surface area contributed by atoms with Gasteiger partial charge in [-0.05, 0) is 41.5 Å². The Balaban J connectivity index is 1.25. The van der Waals surface area contributed by atoms with E-state index in [9.17, 15) is 9.59 Å². The Bertz CT molecular complexity index is 887. The molecule has 0 radical (unpaired) electrons. The Morgan fingerprint density at radius 3 is 2.52 bits per heavy atom. The number of nitrogens with one attached hydrogen (secondary N) is 2. The lowest BCUT2D eigenvalue weighted by atomic mass is 10.1. The number of fused-ring (bicyclic) bond motifs is 1. The van der Waals surface area contributed by atoms with Crippen LogP contribution in [0.25, 0.3) is 0 Å². The van der Waals surface area contributed by atoms with Crippen LogP contribution in [0.1, 0.15) is 23.6 Å². The molecule has 1 fully saturated rings. The van der Waals surface area contributed by atoms with Crippen LogP contribution in [0.5, 0.6) is 5.75 Å². The molecule has 2 amide bonds. The summed E-state index contributed by atoms with van der Waals surface area (Å²) in [6.07, 6.45) is 1.41. The Morgan fingerprint density at radius 2 is 1.79 bits per heavy atom. The highest BCUT2D eigenvalue weighted by Gasteiger charge is 2.24. The molecule has 0 aliphatic carbocycles. The van der Waals surface area contributed by atoms with Crippen LogP contribution in [-0.2, 0) is 29.0 Å². The molecule has 6 heteroatoms. The van der Waals surface area contributed by atoms with Gasteiger partial charge in [0.1, 0.15) is 12.3 Å². The highest BCUT2D eigenvalue weighted by atomic mass is 16.5. The van der Waals surface area contributed by atoms with Crippen LogP contribution in [0, 0.1) is 0 Å². The number of piperazine rings is 1. The van der Waals surface area contributed by atoms with E-state index >= 15 is 0 Å². The second-order valence-electron chi connectivity index (χ2n) is 7.90. The normalized spacial score (nSPS) is 16.2. The van der Waals surface area contributed by atoms with Crippen LogP contribution in [0.2, 0.25) is 0 Å². The summed E-state index contributed by atoms with van der Waals surface area (Å²) in [4.78, 5) is 27.2. The van der Waals surface area contributed by atoms with E-state index in [-0.39, 0.29) is 11.8 Å². The number of benzene rings is 2. The molecule has 2 aliphatic heterocycles. The van der Waals surface area contributed by atoms with E-state index in [0.717, 1.165) is 62.8 Å². The lowest BCUT2D eigenvalue weighted by Gasteiger charge is -2.32. The number of amides is 2. The second-order valence-corrected chi connectivity index (χ2v) is 7.90. The Kier molecular flexibility index (Phi) is 5.81. The van der Waals surface area contributed by atoms with Gasteiger partial charge in [0.05, 0.1) is 39.2 Å². The summed E-state index contributed by atoms with van der Waals surface area (Å²) in [5.74, 6) is 1.11. The SMILES string of the molecule is CC(=O)Nc1ccc(CC(=O)N2CC[NH+](Cc3ccc4c(c3)CCO4)CC2)cc1. The van der Waals surface area contributed by atoms with Crippen molar-refractivity contribution >= 4 is 17.5 Å². The number of quaternary nitrogens is 1. The van der Waals surface area contributed by atoms with E-state index in [1.165, 1.54) is 23.0 Å². The molecular formula is C23H28N3O3+. The summed E-state index contributed by atoms with van der Waals surface area (Å²) in [7, 11) is 0. The minimum absolute atomic E-state index is 0.0950. The topological polar surface area (TPSA) is 63.1 Å². The highest BCUT2D eigenvalue weighted by molar-refractivity contribution is 5.88. The van der Waals surface area contributed by atoms with Gasteiger partial charge in [0.15, 0.2) is 0 Å². The molecule has 0 aromatic heterocycles. The molecule has 0 bridgehead atoms. The summed E-state index contributed by atoms with van der Waals surface area (Å²) in [6.45, 7) is 6.82. The Labute approximate surface area is 171 Å². The van der Waals surface area contributed by atoms with Gasteiger partial charge in [-0.3, -0.25) is 9.59 Å². The van der Waals surface area contributed by atoms with Gasteiger partial charge in [-0.2, -0.15) is 0 Å². The number of ether oxygens (including phenoxy) is 1. The monoisotopic (exact) mass is 394 g/mol. The maximum atomic E-state index is 12.7. The number of carbonyl (C=O) groups is 2. The minimum Gasteiger partial charge on any atom is -0.493 e. The van der Waals surface area contributed by atoms with Gasteiger partial charge >= 0.3 is 0 Å². The average Bonchev–Trinajstić information content (AvgIpc) is 3.17. The van der Waals surface area contributed by atoms with Gasteiger partial charge in [0, 0.05) is 24.6 Å². The van der Waals surface area contributed by atoms with E-state index in [1.807, 2.05) is 29.2 Å². The molecule has 4 rings (SSSR count). The van der Waals surface area contributed by atoms with E-state index in [0.29, 0.717) is 6.42 Å². The molecule has 0 spiro atoms. The molecule has 152 valence electrons. The van der Waals surface area contributed by atoms with Gasteiger partial charge < -0.3 is 19.9 Å². The largest absolute Gasteiger partial charge is 0.493 e. The first-order chi connectivity index (χ1) is 14.1. The predicted molar refractivity (Wildman–Crippen MR) is 111 cm³/mol. The molecule has 0 unspecified atom stereocenters. The summed E-state index contributed by atoms with van der Waals surface area (Å²) < 4.78 is 5.59. The van der Waals surface area contributed by atoms with Gasteiger partial charge in [0.2, 0.25) is 11.8 Å². The second kappa shape index (κ2) is 8.66. The molecular weight excluding hydrogens is 366 g/mol. The zero-order valence-corrected chi connectivity index (χ0v) is 16.9. The van der Waals surface area contributed by atoms with Crippen LogP contribution < -0.4 is 15.0 Å². The summed E-state index contributed by atoms with van der Waals surface area (Å²) in [6, 6.07) is 14.0. The maximum Gasteiger partial charge on any atom is 0.227 e. The van der Waals surface area contributed by atoms with E-state index in [1.54, 1.807) is 0 Å². The zero-order chi connectivity index (χ0) is 20.2. The fraction of sp³-hybridized carbons (Fsp3) is 0.391. The van der Waals surface area contributed by atoms with Gasteiger partial charge in [-0.15, -0.1) is 0 Å². The number of hydrogen-bond acceptors (Lipinski definition) is 3. The third-order valence-electron chi connectivity index (χ3n) is 5.66. The van der Waals surface area contributed by atoms with Gasteiger partial charge in [0.25, 0.3) is 0 Å². The zero-order valence-electron chi connectivity index (χ0n) is 16.9. The molecule has 2 aliphatic rings. The fourth-order valence-corrected chi connectivity index (χ4v) is 4.08. The number of carbonyl (C=O) groups excluding carboxylic acids is 2. The smallest absolute Gasteiger partial charge is 0.227 e. The first kappa shape index (κ1) is 19.5. The molecule has 1 saturated heterocycles. The molecule has 0 saturated carbocycles. The summed E-state index contributed by atoms with van der Waals surface area (Å²) >= 11 is 0. The van der Waals surface area contributed by atoms with Crippen molar-refractivity contribution in [3.05, 3.63) is 59.2 Å². The van der Waals surface area contributed by atoms with Crippen molar-refractivity contribution in [3.63, 3.8) is 0 Å². The van der Waals surface area contributed by atoms with Crippen LogP contribution >= 0.6 is 0 Å². The minimum atomic E-state index is -0.0950. The van der Waals surface area contributed by atoms with E-state index in [4.69, 9.17) is 4.74 Å². The number of hydrogen-bond donors (Lipinski definition) is 2. The Morgan fingerprint density at radius 1 is 1.07 bits per heavy atom. The molecule has 2 aromatic rings.